The van der Waals surface area contributed by atoms with Crippen LogP contribution < -0.4 is 10.8 Å². The lowest BCUT2D eigenvalue weighted by atomic mass is 10.2. The van der Waals surface area contributed by atoms with Crippen molar-refractivity contribution in [3.8, 4) is 0 Å². The van der Waals surface area contributed by atoms with E-state index in [0.717, 1.165) is 19.3 Å². The van der Waals surface area contributed by atoms with E-state index < -0.39 is 0 Å². The number of carbonyl (C=O) groups is 1. The summed E-state index contributed by atoms with van der Waals surface area (Å²) in [4.78, 5) is 11.6. The molecule has 0 bridgehead atoms. The third-order valence-corrected chi connectivity index (χ3v) is 2.29. The van der Waals surface area contributed by atoms with Gasteiger partial charge in [0, 0.05) is 18.7 Å². The van der Waals surface area contributed by atoms with Crippen molar-refractivity contribution in [1.82, 2.24) is 10.8 Å². The first-order valence-corrected chi connectivity index (χ1v) is 5.55. The molecule has 0 unspecified atom stereocenters. The van der Waals surface area contributed by atoms with E-state index in [4.69, 9.17) is 5.21 Å². The van der Waals surface area contributed by atoms with Crippen LogP contribution in [-0.4, -0.2) is 24.2 Å². The van der Waals surface area contributed by atoms with Crippen LogP contribution >= 0.6 is 0 Å². The van der Waals surface area contributed by atoms with Gasteiger partial charge in [0.05, 0.1) is 0 Å². The minimum Gasteiger partial charge on any atom is -0.352 e. The van der Waals surface area contributed by atoms with E-state index in [2.05, 4.69) is 10.8 Å². The molecular weight excluding hydrogens is 204 g/mol. The summed E-state index contributed by atoms with van der Waals surface area (Å²) in [5, 5.41) is 11.2. The highest BCUT2D eigenvalue weighted by atomic mass is 16.5. The maximum atomic E-state index is 11.6. The molecular formula is C12H18N2O2. The lowest BCUT2D eigenvalue weighted by Crippen LogP contribution is -2.24. The molecule has 0 atom stereocenters. The topological polar surface area (TPSA) is 61.4 Å². The van der Waals surface area contributed by atoms with Crippen molar-refractivity contribution in [1.29, 1.82) is 0 Å². The van der Waals surface area contributed by atoms with Crippen molar-refractivity contribution in [3.05, 3.63) is 35.9 Å². The summed E-state index contributed by atoms with van der Waals surface area (Å²) in [6.07, 6.45) is 2.83. The Kier molecular flexibility index (Phi) is 6.22. The third kappa shape index (κ3) is 4.91. The fourth-order valence-corrected chi connectivity index (χ4v) is 1.40. The van der Waals surface area contributed by atoms with Crippen LogP contribution in [0.25, 0.3) is 0 Å². The van der Waals surface area contributed by atoms with Crippen LogP contribution in [0.5, 0.6) is 0 Å². The molecule has 0 heterocycles. The minimum atomic E-state index is -0.0270. The van der Waals surface area contributed by atoms with Crippen molar-refractivity contribution >= 4 is 5.91 Å². The highest BCUT2D eigenvalue weighted by Gasteiger charge is 2.02. The lowest BCUT2D eigenvalue weighted by Gasteiger charge is -2.04. The van der Waals surface area contributed by atoms with Crippen molar-refractivity contribution in [3.63, 3.8) is 0 Å². The highest BCUT2D eigenvalue weighted by molar-refractivity contribution is 5.94. The molecule has 1 aromatic carbocycles. The Morgan fingerprint density at radius 3 is 2.44 bits per heavy atom. The number of amides is 1. The summed E-state index contributed by atoms with van der Waals surface area (Å²) < 4.78 is 0. The number of rotatable bonds is 7. The Labute approximate surface area is 95.6 Å². The molecule has 0 fully saturated rings. The van der Waals surface area contributed by atoms with Crippen LogP contribution in [0, 0.1) is 0 Å². The zero-order chi connectivity index (χ0) is 11.6. The number of carbonyl (C=O) groups excluding carboxylic acids is 1. The second-order valence-electron chi connectivity index (χ2n) is 3.59. The summed E-state index contributed by atoms with van der Waals surface area (Å²) >= 11 is 0. The molecule has 1 aromatic rings. The smallest absolute Gasteiger partial charge is 0.251 e. The van der Waals surface area contributed by atoms with Crippen LogP contribution in [0.1, 0.15) is 29.6 Å². The quantitative estimate of drug-likeness (QED) is 0.484. The second kappa shape index (κ2) is 7.84. The first-order chi connectivity index (χ1) is 7.84. The lowest BCUT2D eigenvalue weighted by molar-refractivity contribution is 0.0952. The van der Waals surface area contributed by atoms with Crippen LogP contribution in [-0.2, 0) is 0 Å². The maximum Gasteiger partial charge on any atom is 0.251 e. The Hall–Kier alpha value is -1.39. The average molecular weight is 222 g/mol. The summed E-state index contributed by atoms with van der Waals surface area (Å²) in [6.45, 7) is 1.28. The largest absolute Gasteiger partial charge is 0.352 e. The van der Waals surface area contributed by atoms with E-state index >= 15 is 0 Å². The highest BCUT2D eigenvalue weighted by Crippen LogP contribution is 1.98. The van der Waals surface area contributed by atoms with Gasteiger partial charge in [-0.05, 0) is 25.0 Å². The molecule has 0 aliphatic carbocycles. The Morgan fingerprint density at radius 2 is 1.75 bits per heavy atom. The van der Waals surface area contributed by atoms with Gasteiger partial charge in [-0.15, -0.1) is 0 Å². The number of benzene rings is 1. The molecule has 0 saturated heterocycles. The van der Waals surface area contributed by atoms with Crippen LogP contribution in [0.3, 0.4) is 0 Å². The van der Waals surface area contributed by atoms with E-state index in [1.54, 1.807) is 12.1 Å². The fourth-order valence-electron chi connectivity index (χ4n) is 1.40. The summed E-state index contributed by atoms with van der Waals surface area (Å²) in [7, 11) is 0. The maximum absolute atomic E-state index is 11.6. The van der Waals surface area contributed by atoms with E-state index in [0.29, 0.717) is 18.7 Å². The van der Waals surface area contributed by atoms with E-state index in [1.807, 2.05) is 18.2 Å². The molecule has 3 N–H and O–H groups in total. The van der Waals surface area contributed by atoms with E-state index in [-0.39, 0.29) is 5.91 Å². The number of hydroxylamine groups is 1. The average Bonchev–Trinajstić information content (AvgIpc) is 2.34. The molecule has 0 aliphatic heterocycles. The zero-order valence-corrected chi connectivity index (χ0v) is 9.28. The van der Waals surface area contributed by atoms with Crippen molar-refractivity contribution in [2.45, 2.75) is 19.3 Å². The van der Waals surface area contributed by atoms with Gasteiger partial charge >= 0.3 is 0 Å². The molecule has 1 rings (SSSR count). The predicted octanol–water partition coefficient (Wildman–Crippen LogP) is 1.57. The zero-order valence-electron chi connectivity index (χ0n) is 9.28. The second-order valence-corrected chi connectivity index (χ2v) is 3.59. The van der Waals surface area contributed by atoms with Crippen LogP contribution in [0.15, 0.2) is 30.3 Å². The first kappa shape index (κ1) is 12.7. The fraction of sp³-hybridized carbons (Fsp3) is 0.417. The number of hydrogen-bond donors (Lipinski definition) is 3. The molecule has 0 aromatic heterocycles. The molecule has 88 valence electrons. The van der Waals surface area contributed by atoms with Gasteiger partial charge in [0.2, 0.25) is 0 Å². The van der Waals surface area contributed by atoms with Gasteiger partial charge in [0.15, 0.2) is 0 Å². The van der Waals surface area contributed by atoms with Gasteiger partial charge in [-0.25, -0.2) is 5.48 Å². The molecule has 0 radical (unpaired) electrons. The van der Waals surface area contributed by atoms with Crippen LogP contribution in [0.2, 0.25) is 0 Å². The summed E-state index contributed by atoms with van der Waals surface area (Å²) in [6, 6.07) is 9.18. The predicted molar refractivity (Wildman–Crippen MR) is 62.4 cm³/mol. The summed E-state index contributed by atoms with van der Waals surface area (Å²) in [5.41, 5.74) is 2.80. The molecule has 1 amide bonds. The van der Waals surface area contributed by atoms with Gasteiger partial charge in [-0.3, -0.25) is 4.79 Å². The molecule has 4 heteroatoms. The Bertz CT molecular complexity index is 301. The normalized spacial score (nSPS) is 10.1. The van der Waals surface area contributed by atoms with Gasteiger partial charge in [-0.2, -0.15) is 0 Å². The molecule has 0 saturated carbocycles. The number of nitrogens with one attached hydrogen (secondary N) is 2. The minimum absolute atomic E-state index is 0.0270. The van der Waals surface area contributed by atoms with Crippen molar-refractivity contribution in [2.75, 3.05) is 13.1 Å². The molecule has 0 spiro atoms. The number of unbranched alkanes of at least 4 members (excludes halogenated alkanes) is 2. The van der Waals surface area contributed by atoms with E-state index in [1.165, 1.54) is 0 Å². The van der Waals surface area contributed by atoms with Gasteiger partial charge in [0.25, 0.3) is 5.91 Å². The SMILES string of the molecule is O=C(NCCCCCNO)c1ccccc1. The number of hydrogen-bond acceptors (Lipinski definition) is 3. The Morgan fingerprint density at radius 1 is 1.06 bits per heavy atom. The van der Waals surface area contributed by atoms with Crippen molar-refractivity contribution < 1.29 is 10.0 Å². The van der Waals surface area contributed by atoms with Gasteiger partial charge in [-0.1, -0.05) is 24.6 Å². The van der Waals surface area contributed by atoms with E-state index in [9.17, 15) is 4.79 Å². The van der Waals surface area contributed by atoms with Crippen LogP contribution in [0.4, 0.5) is 0 Å². The summed E-state index contributed by atoms with van der Waals surface area (Å²) in [5.74, 6) is -0.0270. The standard InChI is InChI=1S/C12H18N2O2/c15-12(11-7-3-1-4-8-11)13-9-5-2-6-10-14-16/h1,3-4,7-8,14,16H,2,5-6,9-10H2,(H,13,15). The van der Waals surface area contributed by atoms with Gasteiger partial charge < -0.3 is 10.5 Å². The molecule has 0 aliphatic rings. The third-order valence-electron chi connectivity index (χ3n) is 2.29. The monoisotopic (exact) mass is 222 g/mol. The molecule has 4 nitrogen and oxygen atoms in total. The first-order valence-electron chi connectivity index (χ1n) is 5.55. The molecule has 16 heavy (non-hydrogen) atoms. The van der Waals surface area contributed by atoms with Crippen molar-refractivity contribution in [2.24, 2.45) is 0 Å². The Balaban J connectivity index is 2.12. The van der Waals surface area contributed by atoms with Gasteiger partial charge in [0.1, 0.15) is 0 Å².